The van der Waals surface area contributed by atoms with Gasteiger partial charge in [0.1, 0.15) is 0 Å². The highest BCUT2D eigenvalue weighted by molar-refractivity contribution is 5.18. The molecular formula is C13H19NO2. The number of aliphatic hydroxyl groups is 1. The molecule has 0 amide bonds. The van der Waals surface area contributed by atoms with Crippen LogP contribution in [0.25, 0.3) is 0 Å². The summed E-state index contributed by atoms with van der Waals surface area (Å²) in [7, 11) is 1.66. The van der Waals surface area contributed by atoms with E-state index in [0.717, 1.165) is 6.54 Å². The molecule has 1 aromatic rings. The number of nitrogens with zero attached hydrogens (tertiary/aromatic N) is 1. The second kappa shape index (κ2) is 4.95. The Bertz CT molecular complexity index is 328. The molecule has 3 nitrogen and oxygen atoms in total. The average Bonchev–Trinajstić information content (AvgIpc) is 2.71. The molecule has 3 heteroatoms. The number of hydrogen-bond donors (Lipinski definition) is 1. The van der Waals surface area contributed by atoms with Crippen molar-refractivity contribution in [1.29, 1.82) is 0 Å². The van der Waals surface area contributed by atoms with Crippen LogP contribution >= 0.6 is 0 Å². The van der Waals surface area contributed by atoms with Gasteiger partial charge < -0.3 is 9.84 Å². The Kier molecular flexibility index (Phi) is 3.59. The zero-order valence-corrected chi connectivity index (χ0v) is 9.84. The number of likely N-dealkylation sites (tertiary alicyclic amines) is 1. The molecule has 2 unspecified atom stereocenters. The smallest absolute Gasteiger partial charge is 0.0969 e. The van der Waals surface area contributed by atoms with Crippen LogP contribution in [0.15, 0.2) is 30.3 Å². The monoisotopic (exact) mass is 221 g/mol. The van der Waals surface area contributed by atoms with Crippen LogP contribution in [0.2, 0.25) is 0 Å². The Labute approximate surface area is 96.6 Å². The van der Waals surface area contributed by atoms with Crippen LogP contribution in [0, 0.1) is 0 Å². The Morgan fingerprint density at radius 3 is 2.56 bits per heavy atom. The van der Waals surface area contributed by atoms with Gasteiger partial charge in [-0.1, -0.05) is 30.3 Å². The van der Waals surface area contributed by atoms with Crippen LogP contribution in [0.3, 0.4) is 0 Å². The Balaban J connectivity index is 2.04. The van der Waals surface area contributed by atoms with Crippen LogP contribution < -0.4 is 0 Å². The van der Waals surface area contributed by atoms with Gasteiger partial charge in [-0.2, -0.15) is 0 Å². The lowest BCUT2D eigenvalue weighted by atomic mass is 10.1. The van der Waals surface area contributed by atoms with E-state index in [2.05, 4.69) is 24.0 Å². The number of aliphatic hydroxyl groups excluding tert-OH is 1. The topological polar surface area (TPSA) is 32.7 Å². The molecule has 88 valence electrons. The van der Waals surface area contributed by atoms with E-state index in [1.165, 1.54) is 5.56 Å². The van der Waals surface area contributed by atoms with Crippen molar-refractivity contribution in [1.82, 2.24) is 4.90 Å². The molecule has 16 heavy (non-hydrogen) atoms. The minimum absolute atomic E-state index is 0.0498. The molecule has 0 aliphatic carbocycles. The van der Waals surface area contributed by atoms with Gasteiger partial charge >= 0.3 is 0 Å². The predicted molar refractivity (Wildman–Crippen MR) is 63.2 cm³/mol. The molecule has 0 spiro atoms. The van der Waals surface area contributed by atoms with E-state index in [1.807, 2.05) is 18.2 Å². The first-order valence-corrected chi connectivity index (χ1v) is 5.72. The van der Waals surface area contributed by atoms with Crippen molar-refractivity contribution in [2.75, 3.05) is 20.2 Å². The Hall–Kier alpha value is -0.900. The molecule has 0 bridgehead atoms. The third-order valence-electron chi connectivity index (χ3n) is 3.40. The molecule has 1 aliphatic rings. The van der Waals surface area contributed by atoms with Gasteiger partial charge in [0, 0.05) is 26.2 Å². The maximum atomic E-state index is 9.79. The number of β-amino-alcohol motifs (C(OH)–C–C–N with tert-alkyl or cyclic N) is 1. The van der Waals surface area contributed by atoms with Crippen LogP contribution in [0.5, 0.6) is 0 Å². The molecule has 0 aromatic heterocycles. The van der Waals surface area contributed by atoms with Gasteiger partial charge in [0.2, 0.25) is 0 Å². The second-order valence-electron chi connectivity index (χ2n) is 4.38. The fourth-order valence-electron chi connectivity index (χ4n) is 2.28. The molecule has 0 radical (unpaired) electrons. The lowest BCUT2D eigenvalue weighted by Gasteiger charge is -2.24. The number of benzene rings is 1. The first kappa shape index (κ1) is 11.6. The molecule has 1 fully saturated rings. The standard InChI is InChI=1S/C13H19NO2/c1-10(11-6-4-3-5-7-11)14-8-12(15)13(9-14)16-2/h3-7,10,12-13,15H,8-9H2,1-2H3/t10-,12?,13?/m0/s1. The molecule has 1 aromatic carbocycles. The molecule has 3 atom stereocenters. The van der Waals surface area contributed by atoms with E-state index in [-0.39, 0.29) is 12.2 Å². The summed E-state index contributed by atoms with van der Waals surface area (Å²) in [5, 5.41) is 9.79. The summed E-state index contributed by atoms with van der Waals surface area (Å²) in [6.45, 7) is 3.66. The van der Waals surface area contributed by atoms with Crippen molar-refractivity contribution in [3.8, 4) is 0 Å². The van der Waals surface area contributed by atoms with E-state index >= 15 is 0 Å². The highest BCUT2D eigenvalue weighted by Gasteiger charge is 2.33. The van der Waals surface area contributed by atoms with Crippen molar-refractivity contribution in [2.45, 2.75) is 25.2 Å². The van der Waals surface area contributed by atoms with Gasteiger partial charge in [-0.15, -0.1) is 0 Å². The third kappa shape index (κ3) is 2.26. The Morgan fingerprint density at radius 2 is 2.00 bits per heavy atom. The first-order chi connectivity index (χ1) is 7.72. The van der Waals surface area contributed by atoms with E-state index in [4.69, 9.17) is 4.74 Å². The van der Waals surface area contributed by atoms with Gasteiger partial charge in [0.15, 0.2) is 0 Å². The maximum Gasteiger partial charge on any atom is 0.0969 e. The zero-order valence-electron chi connectivity index (χ0n) is 9.84. The predicted octanol–water partition coefficient (Wildman–Crippen LogP) is 1.44. The summed E-state index contributed by atoms with van der Waals surface area (Å²) < 4.78 is 5.25. The zero-order chi connectivity index (χ0) is 11.5. The largest absolute Gasteiger partial charge is 0.389 e. The number of ether oxygens (including phenoxy) is 1. The summed E-state index contributed by atoms with van der Waals surface area (Å²) in [5.41, 5.74) is 1.28. The Morgan fingerprint density at radius 1 is 1.31 bits per heavy atom. The van der Waals surface area contributed by atoms with Crippen molar-refractivity contribution >= 4 is 0 Å². The molecule has 0 saturated carbocycles. The highest BCUT2D eigenvalue weighted by atomic mass is 16.5. The molecular weight excluding hydrogens is 202 g/mol. The normalized spacial score (nSPS) is 28.2. The molecule has 1 saturated heterocycles. The molecule has 1 N–H and O–H groups in total. The molecule has 1 aliphatic heterocycles. The quantitative estimate of drug-likeness (QED) is 0.838. The van der Waals surface area contributed by atoms with E-state index in [1.54, 1.807) is 7.11 Å². The third-order valence-corrected chi connectivity index (χ3v) is 3.40. The summed E-state index contributed by atoms with van der Waals surface area (Å²) >= 11 is 0. The molecule has 1 heterocycles. The highest BCUT2D eigenvalue weighted by Crippen LogP contribution is 2.25. The van der Waals surface area contributed by atoms with Crippen LogP contribution in [0.1, 0.15) is 18.5 Å². The summed E-state index contributed by atoms with van der Waals surface area (Å²) in [5.74, 6) is 0. The van der Waals surface area contributed by atoms with Gasteiger partial charge in [-0.05, 0) is 12.5 Å². The van der Waals surface area contributed by atoms with Crippen molar-refractivity contribution in [3.05, 3.63) is 35.9 Å². The van der Waals surface area contributed by atoms with Crippen molar-refractivity contribution in [2.24, 2.45) is 0 Å². The first-order valence-electron chi connectivity index (χ1n) is 5.72. The fourth-order valence-corrected chi connectivity index (χ4v) is 2.28. The van der Waals surface area contributed by atoms with Crippen LogP contribution in [-0.4, -0.2) is 42.4 Å². The minimum Gasteiger partial charge on any atom is -0.389 e. The van der Waals surface area contributed by atoms with E-state index in [0.29, 0.717) is 12.6 Å². The fraction of sp³-hybridized carbons (Fsp3) is 0.538. The minimum atomic E-state index is -0.365. The lowest BCUT2D eigenvalue weighted by molar-refractivity contribution is 0.0214. The number of rotatable bonds is 3. The van der Waals surface area contributed by atoms with Crippen molar-refractivity contribution in [3.63, 3.8) is 0 Å². The van der Waals surface area contributed by atoms with Gasteiger partial charge in [0.05, 0.1) is 12.2 Å². The average molecular weight is 221 g/mol. The van der Waals surface area contributed by atoms with Gasteiger partial charge in [0.25, 0.3) is 0 Å². The lowest BCUT2D eigenvalue weighted by Crippen LogP contribution is -2.26. The van der Waals surface area contributed by atoms with Crippen LogP contribution in [-0.2, 0) is 4.74 Å². The van der Waals surface area contributed by atoms with Gasteiger partial charge in [-0.3, -0.25) is 4.90 Å². The van der Waals surface area contributed by atoms with E-state index in [9.17, 15) is 5.11 Å². The van der Waals surface area contributed by atoms with Crippen LogP contribution in [0.4, 0.5) is 0 Å². The van der Waals surface area contributed by atoms with E-state index < -0.39 is 0 Å². The number of methoxy groups -OCH3 is 1. The SMILES string of the molecule is COC1CN([C@@H](C)c2ccccc2)CC1O. The second-order valence-corrected chi connectivity index (χ2v) is 4.38. The van der Waals surface area contributed by atoms with Gasteiger partial charge in [-0.25, -0.2) is 0 Å². The summed E-state index contributed by atoms with van der Waals surface area (Å²) in [6.07, 6.45) is -0.415. The number of hydrogen-bond acceptors (Lipinski definition) is 3. The van der Waals surface area contributed by atoms with Crippen molar-refractivity contribution < 1.29 is 9.84 Å². The summed E-state index contributed by atoms with van der Waals surface area (Å²) in [4.78, 5) is 2.26. The summed E-state index contributed by atoms with van der Waals surface area (Å²) in [6, 6.07) is 10.7. The molecule has 2 rings (SSSR count). The maximum absolute atomic E-state index is 9.79.